The predicted octanol–water partition coefficient (Wildman–Crippen LogP) is 2.44. The third-order valence-electron chi connectivity index (χ3n) is 4.13. The summed E-state index contributed by atoms with van der Waals surface area (Å²) >= 11 is 0. The number of carbonyl (C=O) groups excluding carboxylic acids is 1. The number of amides is 1. The molecule has 1 amide bonds. The van der Waals surface area contributed by atoms with Crippen LogP contribution in [0.15, 0.2) is 29.3 Å². The lowest BCUT2D eigenvalue weighted by molar-refractivity contribution is 0.0306. The molecule has 27 heavy (non-hydrogen) atoms. The van der Waals surface area contributed by atoms with E-state index in [0.29, 0.717) is 45.0 Å². The summed E-state index contributed by atoms with van der Waals surface area (Å²) in [6, 6.07) is 5.88. The van der Waals surface area contributed by atoms with Crippen molar-refractivity contribution in [1.82, 2.24) is 16.0 Å². The van der Waals surface area contributed by atoms with Gasteiger partial charge in [-0.25, -0.2) is 4.39 Å². The third kappa shape index (κ3) is 8.39. The lowest BCUT2D eigenvalue weighted by atomic mass is 9.93. The Bertz CT molecular complexity index is 601. The normalized spacial score (nSPS) is 12.0. The fourth-order valence-corrected chi connectivity index (χ4v) is 2.88. The monoisotopic (exact) mass is 380 g/mol. The van der Waals surface area contributed by atoms with Crippen LogP contribution in [0.3, 0.4) is 0 Å². The van der Waals surface area contributed by atoms with E-state index in [4.69, 9.17) is 0 Å². The second-order valence-electron chi connectivity index (χ2n) is 6.58. The first-order valence-electron chi connectivity index (χ1n) is 9.73. The number of nitrogens with one attached hydrogen (secondary N) is 3. The highest BCUT2D eigenvalue weighted by Gasteiger charge is 2.24. The quantitative estimate of drug-likeness (QED) is 0.270. The van der Waals surface area contributed by atoms with E-state index in [1.807, 2.05) is 20.8 Å². The van der Waals surface area contributed by atoms with Crippen LogP contribution in [0.2, 0.25) is 0 Å². The first kappa shape index (κ1) is 22.9. The molecule has 152 valence electrons. The number of benzene rings is 1. The zero-order valence-electron chi connectivity index (χ0n) is 16.6. The van der Waals surface area contributed by atoms with Gasteiger partial charge in [0.1, 0.15) is 5.82 Å². The Morgan fingerprint density at radius 1 is 1.07 bits per heavy atom. The number of hydrogen-bond donors (Lipinski definition) is 4. The molecule has 0 saturated heterocycles. The first-order chi connectivity index (χ1) is 13.0. The van der Waals surface area contributed by atoms with Gasteiger partial charge in [0.15, 0.2) is 5.96 Å². The molecular formula is C20H33FN4O2. The van der Waals surface area contributed by atoms with Crippen LogP contribution in [0.25, 0.3) is 0 Å². The second kappa shape index (κ2) is 12.3. The number of carbonyl (C=O) groups is 1. The highest BCUT2D eigenvalue weighted by Crippen LogP contribution is 2.19. The topological polar surface area (TPSA) is 85.8 Å². The van der Waals surface area contributed by atoms with E-state index in [-0.39, 0.29) is 5.56 Å². The van der Waals surface area contributed by atoms with Crippen LogP contribution in [0.4, 0.5) is 4.39 Å². The molecular weight excluding hydrogens is 347 g/mol. The van der Waals surface area contributed by atoms with Gasteiger partial charge in [0.25, 0.3) is 5.91 Å². The van der Waals surface area contributed by atoms with Gasteiger partial charge in [-0.3, -0.25) is 9.79 Å². The van der Waals surface area contributed by atoms with Crippen LogP contribution < -0.4 is 16.0 Å². The second-order valence-corrected chi connectivity index (χ2v) is 6.58. The van der Waals surface area contributed by atoms with Crippen LogP contribution in [-0.2, 0) is 0 Å². The predicted molar refractivity (Wildman–Crippen MR) is 107 cm³/mol. The molecule has 1 aromatic rings. The maximum atomic E-state index is 13.6. The van der Waals surface area contributed by atoms with Crippen molar-refractivity contribution < 1.29 is 14.3 Å². The summed E-state index contributed by atoms with van der Waals surface area (Å²) in [5.41, 5.74) is -0.757. The smallest absolute Gasteiger partial charge is 0.254 e. The van der Waals surface area contributed by atoms with Crippen LogP contribution in [0.1, 0.15) is 56.8 Å². The van der Waals surface area contributed by atoms with Crippen molar-refractivity contribution in [2.24, 2.45) is 4.99 Å². The number of halogens is 1. The summed E-state index contributed by atoms with van der Waals surface area (Å²) in [7, 11) is 0. The van der Waals surface area contributed by atoms with Crippen LogP contribution in [0.5, 0.6) is 0 Å². The van der Waals surface area contributed by atoms with Crippen molar-refractivity contribution in [2.75, 3.05) is 26.2 Å². The van der Waals surface area contributed by atoms with E-state index in [9.17, 15) is 14.3 Å². The number of guanidine groups is 1. The summed E-state index contributed by atoms with van der Waals surface area (Å²) < 4.78 is 13.6. The van der Waals surface area contributed by atoms with E-state index in [1.165, 1.54) is 12.1 Å². The molecule has 1 rings (SSSR count). The maximum Gasteiger partial charge on any atom is 0.254 e. The minimum atomic E-state index is -0.787. The van der Waals surface area contributed by atoms with Crippen LogP contribution in [-0.4, -0.2) is 48.8 Å². The minimum Gasteiger partial charge on any atom is -0.388 e. The van der Waals surface area contributed by atoms with Crippen molar-refractivity contribution in [1.29, 1.82) is 0 Å². The van der Waals surface area contributed by atoms with E-state index in [1.54, 1.807) is 12.1 Å². The molecule has 4 N–H and O–H groups in total. The molecule has 0 radical (unpaired) electrons. The molecule has 0 bridgehead atoms. The Labute approximate surface area is 161 Å². The standard InChI is InChI=1S/C20H33FN4O2/c1-4-11-20(27,12-5-2)15-25-19(22-6-3)24-14-13-23-18(26)16-9-7-8-10-17(16)21/h7-10,27H,4-6,11-15H2,1-3H3,(H,23,26)(H2,22,24,25). The third-order valence-corrected chi connectivity index (χ3v) is 4.13. The van der Waals surface area contributed by atoms with Crippen molar-refractivity contribution in [3.05, 3.63) is 35.6 Å². The number of rotatable bonds is 11. The number of nitrogens with zero attached hydrogens (tertiary/aromatic N) is 1. The van der Waals surface area contributed by atoms with Crippen LogP contribution in [0, 0.1) is 5.82 Å². The highest BCUT2D eigenvalue weighted by atomic mass is 19.1. The number of aliphatic hydroxyl groups is 1. The SMILES string of the molecule is CCCC(O)(CCC)CN=C(NCC)NCCNC(=O)c1ccccc1F. The Hall–Kier alpha value is -2.15. The van der Waals surface area contributed by atoms with Gasteiger partial charge >= 0.3 is 0 Å². The van der Waals surface area contributed by atoms with Gasteiger partial charge in [0.2, 0.25) is 0 Å². The van der Waals surface area contributed by atoms with E-state index < -0.39 is 17.3 Å². The fraction of sp³-hybridized carbons (Fsp3) is 0.600. The van der Waals surface area contributed by atoms with Crippen molar-refractivity contribution in [2.45, 2.75) is 52.1 Å². The molecule has 0 saturated carbocycles. The number of aliphatic imine (C=N–C) groups is 1. The zero-order valence-corrected chi connectivity index (χ0v) is 16.6. The lowest BCUT2D eigenvalue weighted by Gasteiger charge is -2.26. The average Bonchev–Trinajstić information content (AvgIpc) is 2.63. The molecule has 0 atom stereocenters. The van der Waals surface area contributed by atoms with E-state index in [2.05, 4.69) is 20.9 Å². The van der Waals surface area contributed by atoms with E-state index in [0.717, 1.165) is 12.8 Å². The molecule has 0 aliphatic carbocycles. The molecule has 0 fully saturated rings. The Balaban J connectivity index is 2.52. The summed E-state index contributed by atoms with van der Waals surface area (Å²) in [6.07, 6.45) is 3.22. The van der Waals surface area contributed by atoms with Gasteiger partial charge in [-0.15, -0.1) is 0 Å². The van der Waals surface area contributed by atoms with Gasteiger partial charge in [0.05, 0.1) is 17.7 Å². The fourth-order valence-electron chi connectivity index (χ4n) is 2.88. The molecule has 0 spiro atoms. The van der Waals surface area contributed by atoms with Crippen molar-refractivity contribution >= 4 is 11.9 Å². The summed E-state index contributed by atoms with van der Waals surface area (Å²) in [5.74, 6) is -0.399. The van der Waals surface area contributed by atoms with Gasteiger partial charge in [0, 0.05) is 19.6 Å². The van der Waals surface area contributed by atoms with Gasteiger partial charge < -0.3 is 21.1 Å². The molecule has 1 aromatic carbocycles. The molecule has 0 aromatic heterocycles. The summed E-state index contributed by atoms with van der Waals surface area (Å²) in [5, 5.41) is 19.6. The molecule has 0 heterocycles. The number of hydrogen-bond acceptors (Lipinski definition) is 3. The summed E-state index contributed by atoms with van der Waals surface area (Å²) in [4.78, 5) is 16.5. The Morgan fingerprint density at radius 3 is 2.30 bits per heavy atom. The molecule has 0 unspecified atom stereocenters. The van der Waals surface area contributed by atoms with E-state index >= 15 is 0 Å². The lowest BCUT2D eigenvalue weighted by Crippen LogP contribution is -2.43. The largest absolute Gasteiger partial charge is 0.388 e. The minimum absolute atomic E-state index is 0.0299. The molecule has 0 aliphatic rings. The summed E-state index contributed by atoms with van der Waals surface area (Å²) in [6.45, 7) is 7.83. The van der Waals surface area contributed by atoms with Crippen molar-refractivity contribution in [3.8, 4) is 0 Å². The van der Waals surface area contributed by atoms with Gasteiger partial charge in [-0.05, 0) is 31.9 Å². The highest BCUT2D eigenvalue weighted by molar-refractivity contribution is 5.94. The van der Waals surface area contributed by atoms with Crippen molar-refractivity contribution in [3.63, 3.8) is 0 Å². The zero-order chi connectivity index (χ0) is 20.1. The van der Waals surface area contributed by atoms with Gasteiger partial charge in [-0.1, -0.05) is 38.8 Å². The maximum absolute atomic E-state index is 13.6. The first-order valence-corrected chi connectivity index (χ1v) is 9.73. The average molecular weight is 381 g/mol. The molecule has 6 nitrogen and oxygen atoms in total. The Morgan fingerprint density at radius 2 is 1.70 bits per heavy atom. The molecule has 0 aliphatic heterocycles. The van der Waals surface area contributed by atoms with Gasteiger partial charge in [-0.2, -0.15) is 0 Å². The Kier molecular flexibility index (Phi) is 10.4. The van der Waals surface area contributed by atoms with Crippen LogP contribution >= 0.6 is 0 Å². The molecule has 7 heteroatoms.